The minimum Gasteiger partial charge on any atom is -0.369 e. The van der Waals surface area contributed by atoms with Crippen molar-refractivity contribution in [3.8, 4) is 0 Å². The molecule has 1 amide bonds. The molecule has 1 fully saturated rings. The molecule has 1 aliphatic heterocycles. The first-order valence-electron chi connectivity index (χ1n) is 6.28. The van der Waals surface area contributed by atoms with E-state index in [1.807, 2.05) is 26.8 Å². The van der Waals surface area contributed by atoms with Crippen LogP contribution in [0.4, 0.5) is 5.95 Å². The molecule has 5 heteroatoms. The molecule has 1 aromatic heterocycles. The van der Waals surface area contributed by atoms with Gasteiger partial charge in [-0.1, -0.05) is 0 Å². The second-order valence-corrected chi connectivity index (χ2v) is 5.40. The van der Waals surface area contributed by atoms with E-state index >= 15 is 0 Å². The third kappa shape index (κ3) is 2.44. The highest BCUT2D eigenvalue weighted by Crippen LogP contribution is 2.30. The van der Waals surface area contributed by atoms with Gasteiger partial charge in [0.1, 0.15) is 0 Å². The molecule has 0 radical (unpaired) electrons. The Labute approximate surface area is 107 Å². The number of primary amides is 1. The zero-order chi connectivity index (χ0) is 13.3. The van der Waals surface area contributed by atoms with Crippen LogP contribution in [0.1, 0.15) is 31.2 Å². The van der Waals surface area contributed by atoms with Gasteiger partial charge >= 0.3 is 0 Å². The first kappa shape index (κ1) is 12.8. The summed E-state index contributed by atoms with van der Waals surface area (Å²) >= 11 is 0. The van der Waals surface area contributed by atoms with E-state index in [0.717, 1.165) is 30.8 Å². The van der Waals surface area contributed by atoms with E-state index in [4.69, 9.17) is 5.73 Å². The van der Waals surface area contributed by atoms with Crippen LogP contribution in [0.5, 0.6) is 0 Å². The molecule has 1 saturated heterocycles. The number of rotatable bonds is 2. The predicted molar refractivity (Wildman–Crippen MR) is 70.3 cm³/mol. The average molecular weight is 248 g/mol. The molecular formula is C13H20N4O. The van der Waals surface area contributed by atoms with Crippen molar-refractivity contribution in [2.75, 3.05) is 18.0 Å². The van der Waals surface area contributed by atoms with Crippen molar-refractivity contribution in [3.05, 3.63) is 17.5 Å². The molecule has 0 saturated carbocycles. The number of nitrogens with zero attached hydrogens (tertiary/aromatic N) is 3. The summed E-state index contributed by atoms with van der Waals surface area (Å²) in [4.78, 5) is 22.5. The van der Waals surface area contributed by atoms with E-state index in [0.29, 0.717) is 12.5 Å². The lowest BCUT2D eigenvalue weighted by atomic mass is 9.81. The Morgan fingerprint density at radius 2 is 2.00 bits per heavy atom. The van der Waals surface area contributed by atoms with Gasteiger partial charge in [0.25, 0.3) is 0 Å². The Morgan fingerprint density at radius 3 is 2.56 bits per heavy atom. The monoisotopic (exact) mass is 248 g/mol. The normalized spacial score (nSPS) is 24.1. The summed E-state index contributed by atoms with van der Waals surface area (Å²) in [7, 11) is 0. The second-order valence-electron chi connectivity index (χ2n) is 5.40. The molecule has 2 rings (SSSR count). The number of piperidine rings is 1. The Balaban J connectivity index is 2.26. The van der Waals surface area contributed by atoms with Crippen molar-refractivity contribution in [1.29, 1.82) is 0 Å². The molecule has 18 heavy (non-hydrogen) atoms. The van der Waals surface area contributed by atoms with Crippen LogP contribution in [0.2, 0.25) is 0 Å². The Bertz CT molecular complexity index is 454. The first-order valence-corrected chi connectivity index (χ1v) is 6.28. The van der Waals surface area contributed by atoms with Crippen LogP contribution >= 0.6 is 0 Å². The smallest absolute Gasteiger partial charge is 0.225 e. The molecule has 1 aromatic rings. The largest absolute Gasteiger partial charge is 0.369 e. The summed E-state index contributed by atoms with van der Waals surface area (Å²) in [6.45, 7) is 7.31. The van der Waals surface area contributed by atoms with Gasteiger partial charge in [-0.15, -0.1) is 0 Å². The van der Waals surface area contributed by atoms with Crippen molar-refractivity contribution < 1.29 is 4.79 Å². The fraction of sp³-hybridized carbons (Fsp3) is 0.615. The standard InChI is InChI=1S/C13H20N4O/c1-9-7-10(2)16-12(15-9)17-6-4-5-13(3,8-17)11(14)18/h7H,4-6,8H2,1-3H3,(H2,14,18)/t13-/m1/s1. The molecular weight excluding hydrogens is 228 g/mol. The number of hydrogen-bond donors (Lipinski definition) is 1. The van der Waals surface area contributed by atoms with Crippen molar-refractivity contribution in [3.63, 3.8) is 0 Å². The van der Waals surface area contributed by atoms with Gasteiger partial charge in [0.2, 0.25) is 11.9 Å². The first-order chi connectivity index (χ1) is 8.40. The van der Waals surface area contributed by atoms with Gasteiger partial charge < -0.3 is 10.6 Å². The van der Waals surface area contributed by atoms with Gasteiger partial charge in [-0.2, -0.15) is 0 Å². The van der Waals surface area contributed by atoms with Gasteiger partial charge in [-0.3, -0.25) is 4.79 Å². The summed E-state index contributed by atoms with van der Waals surface area (Å²) in [5.41, 5.74) is 6.92. The second kappa shape index (κ2) is 4.55. The van der Waals surface area contributed by atoms with E-state index in [1.165, 1.54) is 0 Å². The Kier molecular flexibility index (Phi) is 3.24. The van der Waals surface area contributed by atoms with Crippen molar-refractivity contribution in [1.82, 2.24) is 9.97 Å². The molecule has 0 aliphatic carbocycles. The summed E-state index contributed by atoms with van der Waals surface area (Å²) in [5, 5.41) is 0. The van der Waals surface area contributed by atoms with Gasteiger partial charge in [0.05, 0.1) is 5.41 Å². The quantitative estimate of drug-likeness (QED) is 0.853. The molecule has 0 spiro atoms. The number of nitrogens with two attached hydrogens (primary N) is 1. The van der Waals surface area contributed by atoms with Gasteiger partial charge in [-0.25, -0.2) is 9.97 Å². The summed E-state index contributed by atoms with van der Waals surface area (Å²) in [6.07, 6.45) is 1.78. The van der Waals surface area contributed by atoms with Crippen LogP contribution in [-0.4, -0.2) is 29.0 Å². The van der Waals surface area contributed by atoms with Crippen molar-refractivity contribution in [2.45, 2.75) is 33.6 Å². The number of carbonyl (C=O) groups excluding carboxylic acids is 1. The van der Waals surface area contributed by atoms with E-state index in [2.05, 4.69) is 14.9 Å². The maximum Gasteiger partial charge on any atom is 0.225 e. The van der Waals surface area contributed by atoms with Crippen LogP contribution in [0.3, 0.4) is 0 Å². The Hall–Kier alpha value is -1.65. The van der Waals surface area contributed by atoms with Crippen LogP contribution in [0, 0.1) is 19.3 Å². The number of aryl methyl sites for hydroxylation is 2. The number of carbonyl (C=O) groups is 1. The molecule has 0 bridgehead atoms. The zero-order valence-corrected chi connectivity index (χ0v) is 11.2. The van der Waals surface area contributed by atoms with Crippen molar-refractivity contribution >= 4 is 11.9 Å². The fourth-order valence-electron chi connectivity index (χ4n) is 2.46. The predicted octanol–water partition coefficient (Wildman–Crippen LogP) is 1.19. The zero-order valence-electron chi connectivity index (χ0n) is 11.2. The minimum absolute atomic E-state index is 0.239. The van der Waals surface area contributed by atoms with E-state index in [1.54, 1.807) is 0 Å². The fourth-order valence-corrected chi connectivity index (χ4v) is 2.46. The molecule has 1 atom stereocenters. The molecule has 2 N–H and O–H groups in total. The molecule has 98 valence electrons. The van der Waals surface area contributed by atoms with E-state index < -0.39 is 5.41 Å². The molecule has 1 aliphatic rings. The van der Waals surface area contributed by atoms with Gasteiger partial charge in [0.15, 0.2) is 0 Å². The number of aromatic nitrogens is 2. The third-order valence-electron chi connectivity index (χ3n) is 3.54. The lowest BCUT2D eigenvalue weighted by Gasteiger charge is -2.38. The molecule has 5 nitrogen and oxygen atoms in total. The maximum absolute atomic E-state index is 11.5. The van der Waals surface area contributed by atoms with Crippen LogP contribution in [-0.2, 0) is 4.79 Å². The lowest BCUT2D eigenvalue weighted by Crippen LogP contribution is -2.49. The van der Waals surface area contributed by atoms with E-state index in [9.17, 15) is 4.79 Å². The topological polar surface area (TPSA) is 72.1 Å². The minimum atomic E-state index is -0.473. The van der Waals surface area contributed by atoms with Gasteiger partial charge in [-0.05, 0) is 39.7 Å². The van der Waals surface area contributed by atoms with Crippen LogP contribution in [0.25, 0.3) is 0 Å². The highest BCUT2D eigenvalue weighted by molar-refractivity contribution is 5.81. The average Bonchev–Trinajstić information content (AvgIpc) is 2.27. The van der Waals surface area contributed by atoms with Crippen molar-refractivity contribution in [2.24, 2.45) is 11.1 Å². The summed E-state index contributed by atoms with van der Waals surface area (Å²) in [5.74, 6) is 0.469. The van der Waals surface area contributed by atoms with E-state index in [-0.39, 0.29) is 5.91 Å². The summed E-state index contributed by atoms with van der Waals surface area (Å²) in [6, 6.07) is 1.95. The van der Waals surface area contributed by atoms with Crippen LogP contribution in [0.15, 0.2) is 6.07 Å². The number of hydrogen-bond acceptors (Lipinski definition) is 4. The third-order valence-corrected chi connectivity index (χ3v) is 3.54. The Morgan fingerprint density at radius 1 is 1.39 bits per heavy atom. The number of anilines is 1. The van der Waals surface area contributed by atoms with Gasteiger partial charge in [0, 0.05) is 24.5 Å². The highest BCUT2D eigenvalue weighted by atomic mass is 16.1. The van der Waals surface area contributed by atoms with Crippen LogP contribution < -0.4 is 10.6 Å². The summed E-state index contributed by atoms with van der Waals surface area (Å²) < 4.78 is 0. The molecule has 2 heterocycles. The SMILES string of the molecule is Cc1cc(C)nc(N2CCC[C@@](C)(C(N)=O)C2)n1. The molecule has 0 unspecified atom stereocenters. The molecule has 0 aromatic carbocycles. The maximum atomic E-state index is 11.5. The number of amides is 1. The highest BCUT2D eigenvalue weighted by Gasteiger charge is 2.37. The lowest BCUT2D eigenvalue weighted by molar-refractivity contribution is -0.127.